The quantitative estimate of drug-likeness (QED) is 0.208. The van der Waals surface area contributed by atoms with Gasteiger partial charge in [0.2, 0.25) is 5.91 Å². The third-order valence-electron chi connectivity index (χ3n) is 2.51. The van der Waals surface area contributed by atoms with E-state index in [4.69, 9.17) is 15.4 Å². The van der Waals surface area contributed by atoms with Crippen molar-refractivity contribution in [2.45, 2.75) is 30.6 Å². The van der Waals surface area contributed by atoms with Gasteiger partial charge in [-0.15, -0.1) is 0 Å². The molecular weight excluding hydrogens is 248 g/mol. The molecule has 0 radical (unpaired) electrons. The van der Waals surface area contributed by atoms with Crippen LogP contribution in [-0.4, -0.2) is 70.1 Å². The SMILES string of the molecule is [N-]=[N+]=NCC(=O)N[C@H]1C(O)OC(CO)[C@@H](O)[C@@H]1O. The summed E-state index contributed by atoms with van der Waals surface area (Å²) in [6.45, 7) is -1.10. The van der Waals surface area contributed by atoms with Crippen LogP contribution >= 0.6 is 0 Å². The number of aliphatic hydroxyl groups excluding tert-OH is 4. The minimum absolute atomic E-state index is 0.508. The van der Waals surface area contributed by atoms with Gasteiger partial charge in [0.15, 0.2) is 6.29 Å². The molecule has 102 valence electrons. The number of rotatable bonds is 4. The van der Waals surface area contributed by atoms with E-state index in [0.717, 1.165) is 0 Å². The first-order chi connectivity index (χ1) is 8.51. The number of amides is 1. The molecule has 1 rings (SSSR count). The molecule has 5 N–H and O–H groups in total. The van der Waals surface area contributed by atoms with Crippen molar-refractivity contribution in [3.05, 3.63) is 10.4 Å². The first-order valence-corrected chi connectivity index (χ1v) is 5.12. The zero-order valence-electron chi connectivity index (χ0n) is 9.25. The van der Waals surface area contributed by atoms with Gasteiger partial charge in [-0.2, -0.15) is 0 Å². The topological polar surface area (TPSA) is 168 Å². The molecule has 2 unspecified atom stereocenters. The number of aliphatic hydroxyl groups is 4. The summed E-state index contributed by atoms with van der Waals surface area (Å²) in [5.74, 6) is -0.742. The molecule has 0 bridgehead atoms. The molecule has 0 aromatic rings. The maximum Gasteiger partial charge on any atom is 0.226 e. The number of carbonyl (C=O) groups is 1. The van der Waals surface area contributed by atoms with Crippen molar-refractivity contribution in [1.82, 2.24) is 5.32 Å². The van der Waals surface area contributed by atoms with Gasteiger partial charge in [-0.05, 0) is 5.53 Å². The highest BCUT2D eigenvalue weighted by molar-refractivity contribution is 5.78. The van der Waals surface area contributed by atoms with E-state index in [0.29, 0.717) is 0 Å². The highest BCUT2D eigenvalue weighted by atomic mass is 16.6. The van der Waals surface area contributed by atoms with Crippen molar-refractivity contribution in [1.29, 1.82) is 0 Å². The van der Waals surface area contributed by atoms with Gasteiger partial charge in [-0.25, -0.2) is 0 Å². The van der Waals surface area contributed by atoms with Crippen LogP contribution in [0.4, 0.5) is 0 Å². The molecule has 1 aliphatic heterocycles. The number of hydrogen-bond acceptors (Lipinski definition) is 7. The van der Waals surface area contributed by atoms with E-state index < -0.39 is 49.7 Å². The zero-order valence-corrected chi connectivity index (χ0v) is 9.25. The van der Waals surface area contributed by atoms with Crippen molar-refractivity contribution >= 4 is 5.91 Å². The van der Waals surface area contributed by atoms with Crippen LogP contribution in [-0.2, 0) is 9.53 Å². The highest BCUT2D eigenvalue weighted by Gasteiger charge is 2.44. The third-order valence-corrected chi connectivity index (χ3v) is 2.51. The van der Waals surface area contributed by atoms with Gasteiger partial charge in [-0.3, -0.25) is 4.79 Å². The Morgan fingerprint density at radius 1 is 1.39 bits per heavy atom. The molecule has 1 saturated heterocycles. The van der Waals surface area contributed by atoms with E-state index in [2.05, 4.69) is 15.3 Å². The number of carbonyl (C=O) groups excluding carboxylic acids is 1. The second kappa shape index (κ2) is 6.50. The Balaban J connectivity index is 2.64. The van der Waals surface area contributed by atoms with E-state index in [1.54, 1.807) is 0 Å². The Morgan fingerprint density at radius 3 is 2.61 bits per heavy atom. The van der Waals surface area contributed by atoms with Crippen molar-refractivity contribution in [3.63, 3.8) is 0 Å². The molecule has 1 aliphatic rings. The average Bonchev–Trinajstić information content (AvgIpc) is 2.36. The molecule has 5 atom stereocenters. The number of azide groups is 1. The Labute approximate surface area is 101 Å². The van der Waals surface area contributed by atoms with Crippen molar-refractivity contribution in [2.75, 3.05) is 13.2 Å². The Kier molecular flexibility index (Phi) is 5.28. The lowest BCUT2D eigenvalue weighted by Gasteiger charge is -2.40. The van der Waals surface area contributed by atoms with Gasteiger partial charge in [0.25, 0.3) is 0 Å². The molecule has 0 spiro atoms. The molecule has 0 aliphatic carbocycles. The third kappa shape index (κ3) is 3.29. The van der Waals surface area contributed by atoms with Crippen LogP contribution in [0.3, 0.4) is 0 Å². The second-order valence-electron chi connectivity index (χ2n) is 3.71. The predicted octanol–water partition coefficient (Wildman–Crippen LogP) is -2.79. The standard InChI is InChI=1S/C8H14N4O6/c9-12-10-1-4(14)11-5-7(16)6(15)3(2-13)18-8(5)17/h3,5-8,13,15-17H,1-2H2,(H,11,14)/t3?,5-,6-,7-,8?/m1/s1. The summed E-state index contributed by atoms with van der Waals surface area (Å²) in [6, 6.07) is -1.27. The fraction of sp³-hybridized carbons (Fsp3) is 0.875. The van der Waals surface area contributed by atoms with E-state index in [1.165, 1.54) is 0 Å². The van der Waals surface area contributed by atoms with Gasteiger partial charge < -0.3 is 30.5 Å². The molecule has 1 heterocycles. The van der Waals surface area contributed by atoms with Crippen molar-refractivity contribution < 1.29 is 30.0 Å². The smallest absolute Gasteiger partial charge is 0.226 e. The lowest BCUT2D eigenvalue weighted by Crippen LogP contribution is -2.64. The molecule has 1 amide bonds. The number of nitrogens with zero attached hydrogens (tertiary/aromatic N) is 3. The predicted molar refractivity (Wildman–Crippen MR) is 55.9 cm³/mol. The summed E-state index contributed by atoms with van der Waals surface area (Å²) in [4.78, 5) is 13.6. The second-order valence-corrected chi connectivity index (χ2v) is 3.71. The van der Waals surface area contributed by atoms with Crippen LogP contribution < -0.4 is 5.32 Å². The summed E-state index contributed by atoms with van der Waals surface area (Å²) in [6.07, 6.45) is -5.69. The molecular formula is C8H14N4O6. The van der Waals surface area contributed by atoms with Crippen LogP contribution in [0.2, 0.25) is 0 Å². The van der Waals surface area contributed by atoms with E-state index in [1.807, 2.05) is 0 Å². The lowest BCUT2D eigenvalue weighted by molar-refractivity contribution is -0.253. The van der Waals surface area contributed by atoms with Gasteiger partial charge >= 0.3 is 0 Å². The van der Waals surface area contributed by atoms with Gasteiger partial charge in [0, 0.05) is 4.91 Å². The van der Waals surface area contributed by atoms with Crippen LogP contribution in [0, 0.1) is 0 Å². The number of hydrogen-bond donors (Lipinski definition) is 5. The molecule has 0 aromatic heterocycles. The normalized spacial score (nSPS) is 35.7. The zero-order chi connectivity index (χ0) is 13.7. The van der Waals surface area contributed by atoms with Gasteiger partial charge in [-0.1, -0.05) is 5.11 Å². The summed E-state index contributed by atoms with van der Waals surface area (Å²) in [7, 11) is 0. The monoisotopic (exact) mass is 262 g/mol. The maximum absolute atomic E-state index is 11.2. The molecule has 10 nitrogen and oxygen atoms in total. The van der Waals surface area contributed by atoms with E-state index >= 15 is 0 Å². The molecule has 18 heavy (non-hydrogen) atoms. The highest BCUT2D eigenvalue weighted by Crippen LogP contribution is 2.19. The molecule has 10 heteroatoms. The summed E-state index contributed by atoms with van der Waals surface area (Å²) in [5, 5.41) is 42.7. The average molecular weight is 262 g/mol. The van der Waals surface area contributed by atoms with E-state index in [-0.39, 0.29) is 0 Å². The minimum Gasteiger partial charge on any atom is -0.394 e. The first kappa shape index (κ1) is 14.6. The molecule has 0 saturated carbocycles. The van der Waals surface area contributed by atoms with Crippen LogP contribution in [0.25, 0.3) is 10.4 Å². The number of ether oxygens (including phenoxy) is 1. The fourth-order valence-corrected chi connectivity index (χ4v) is 1.58. The minimum atomic E-state index is -1.59. The lowest BCUT2D eigenvalue weighted by atomic mass is 9.97. The summed E-state index contributed by atoms with van der Waals surface area (Å²) in [5.41, 5.74) is 8.02. The summed E-state index contributed by atoms with van der Waals surface area (Å²) >= 11 is 0. The summed E-state index contributed by atoms with van der Waals surface area (Å²) < 4.78 is 4.81. The number of nitrogens with one attached hydrogen (secondary N) is 1. The van der Waals surface area contributed by atoms with E-state index in [9.17, 15) is 20.1 Å². The van der Waals surface area contributed by atoms with Gasteiger partial charge in [0.1, 0.15) is 30.9 Å². The Morgan fingerprint density at radius 2 is 2.06 bits per heavy atom. The molecule has 1 fully saturated rings. The fourth-order valence-electron chi connectivity index (χ4n) is 1.58. The van der Waals surface area contributed by atoms with Gasteiger partial charge in [0.05, 0.1) is 6.61 Å². The first-order valence-electron chi connectivity index (χ1n) is 5.12. The van der Waals surface area contributed by atoms with Crippen molar-refractivity contribution in [2.24, 2.45) is 5.11 Å². The Bertz CT molecular complexity index is 346. The van der Waals surface area contributed by atoms with Crippen LogP contribution in [0.15, 0.2) is 5.11 Å². The molecule has 0 aromatic carbocycles. The Hall–Kier alpha value is -1.42. The maximum atomic E-state index is 11.2. The van der Waals surface area contributed by atoms with Crippen molar-refractivity contribution in [3.8, 4) is 0 Å². The van der Waals surface area contributed by atoms with Crippen LogP contribution in [0.1, 0.15) is 0 Å². The largest absolute Gasteiger partial charge is 0.394 e. The van der Waals surface area contributed by atoms with Crippen LogP contribution in [0.5, 0.6) is 0 Å².